The minimum absolute atomic E-state index is 0.108. The highest BCUT2D eigenvalue weighted by Crippen LogP contribution is 2.70. The molecule has 6 aliphatic rings. The Bertz CT molecular complexity index is 851. The van der Waals surface area contributed by atoms with Crippen molar-refractivity contribution in [3.05, 3.63) is 11.6 Å². The van der Waals surface area contributed by atoms with E-state index in [1.807, 2.05) is 0 Å². The Balaban J connectivity index is 1.31. The van der Waals surface area contributed by atoms with E-state index in [4.69, 9.17) is 9.47 Å². The molecule has 10 atom stereocenters. The van der Waals surface area contributed by atoms with Crippen molar-refractivity contribution in [3.63, 3.8) is 0 Å². The summed E-state index contributed by atoms with van der Waals surface area (Å²) in [5.41, 5.74) is 0.965. The number of hydrogen-bond acceptors (Lipinski definition) is 4. The molecule has 2 aliphatic heterocycles. The molecular formula is C27H38O4. The molecule has 4 nitrogen and oxygen atoms in total. The molecule has 2 heterocycles. The van der Waals surface area contributed by atoms with E-state index in [0.717, 1.165) is 31.4 Å². The summed E-state index contributed by atoms with van der Waals surface area (Å²) in [5.74, 6) is 3.08. The second-order valence-corrected chi connectivity index (χ2v) is 12.5. The lowest BCUT2D eigenvalue weighted by atomic mass is 9.46. The maximum Gasteiger partial charge on any atom is 0.171 e. The zero-order chi connectivity index (χ0) is 21.8. The van der Waals surface area contributed by atoms with Crippen molar-refractivity contribution in [1.29, 1.82) is 0 Å². The van der Waals surface area contributed by atoms with Crippen molar-refractivity contribution >= 4 is 11.6 Å². The molecule has 2 saturated heterocycles. The molecule has 1 spiro atoms. The van der Waals surface area contributed by atoms with Gasteiger partial charge in [0.15, 0.2) is 17.4 Å². The molecule has 0 N–H and O–H groups in total. The predicted octanol–water partition coefficient (Wildman–Crippen LogP) is 5.10. The Morgan fingerprint density at radius 1 is 1.03 bits per heavy atom. The van der Waals surface area contributed by atoms with Gasteiger partial charge >= 0.3 is 0 Å². The van der Waals surface area contributed by atoms with E-state index in [2.05, 4.69) is 27.7 Å². The largest absolute Gasteiger partial charge is 0.349 e. The van der Waals surface area contributed by atoms with Crippen LogP contribution in [0.25, 0.3) is 0 Å². The third kappa shape index (κ3) is 2.61. The molecule has 0 bridgehead atoms. The average Bonchev–Trinajstić information content (AvgIpc) is 3.17. The number of carbonyl (C=O) groups excluding carboxylic acids is 2. The highest BCUT2D eigenvalue weighted by atomic mass is 16.7. The standard InChI is InChI=1S/C27H38O4/c1-15-5-10-27(30-14-15)16(2)24-23(31-27)13-20-18-12-22(29)21-11-17(28)6-8-25(21,3)19(18)7-9-26(20,24)4/h11,15-16,18-20,23-24H,5-10,12-14H2,1-4H3/t15-,16+,18+,19-,20-,23-,24-,25+,26-,27+/m0/s1. The second-order valence-electron chi connectivity index (χ2n) is 12.5. The summed E-state index contributed by atoms with van der Waals surface area (Å²) in [6.45, 7) is 10.2. The Labute approximate surface area is 186 Å². The second kappa shape index (κ2) is 6.53. The molecule has 170 valence electrons. The summed E-state index contributed by atoms with van der Waals surface area (Å²) in [6.07, 6.45) is 9.73. The molecule has 31 heavy (non-hydrogen) atoms. The van der Waals surface area contributed by atoms with Gasteiger partial charge in [0.2, 0.25) is 0 Å². The minimum atomic E-state index is -0.374. The number of ether oxygens (including phenoxy) is 2. The van der Waals surface area contributed by atoms with Gasteiger partial charge in [0, 0.05) is 30.8 Å². The molecule has 6 rings (SSSR count). The highest BCUT2D eigenvalue weighted by molar-refractivity contribution is 6.05. The number of carbonyl (C=O) groups is 2. The highest BCUT2D eigenvalue weighted by Gasteiger charge is 2.69. The molecule has 0 aromatic carbocycles. The van der Waals surface area contributed by atoms with Crippen molar-refractivity contribution in [2.45, 2.75) is 91.0 Å². The predicted molar refractivity (Wildman–Crippen MR) is 117 cm³/mol. The fraction of sp³-hybridized carbons (Fsp3) is 0.852. The molecular weight excluding hydrogens is 388 g/mol. The van der Waals surface area contributed by atoms with Crippen LogP contribution in [0.4, 0.5) is 0 Å². The van der Waals surface area contributed by atoms with Crippen molar-refractivity contribution < 1.29 is 19.1 Å². The SMILES string of the molecule is C[C@H]1CC[C@@]2(OC1)O[C@H]1C[C@H]3[C@@H]4CC(=O)C5=CC(=O)CC[C@]5(C)[C@H]4CC[C@]3(C)[C@H]1[C@H]2C. The van der Waals surface area contributed by atoms with Gasteiger partial charge in [-0.05, 0) is 78.6 Å². The van der Waals surface area contributed by atoms with Crippen LogP contribution in [0.5, 0.6) is 0 Å². The molecule has 3 saturated carbocycles. The third-order valence-corrected chi connectivity index (χ3v) is 11.1. The molecule has 0 radical (unpaired) electrons. The molecule has 0 amide bonds. The third-order valence-electron chi connectivity index (χ3n) is 11.1. The van der Waals surface area contributed by atoms with Crippen LogP contribution in [-0.4, -0.2) is 30.1 Å². The Kier molecular flexibility index (Phi) is 4.34. The van der Waals surface area contributed by atoms with Crippen LogP contribution < -0.4 is 0 Å². The lowest BCUT2D eigenvalue weighted by molar-refractivity contribution is -0.272. The van der Waals surface area contributed by atoms with Crippen LogP contribution in [0, 0.1) is 46.3 Å². The monoisotopic (exact) mass is 426 g/mol. The quantitative estimate of drug-likeness (QED) is 0.541. The first kappa shape index (κ1) is 20.6. The van der Waals surface area contributed by atoms with Gasteiger partial charge < -0.3 is 9.47 Å². The zero-order valence-corrected chi connectivity index (χ0v) is 19.6. The van der Waals surface area contributed by atoms with Crippen LogP contribution in [0.2, 0.25) is 0 Å². The number of ketones is 2. The summed E-state index contributed by atoms with van der Waals surface area (Å²) in [6, 6.07) is 0. The first-order valence-electron chi connectivity index (χ1n) is 12.8. The van der Waals surface area contributed by atoms with Gasteiger partial charge in [-0.1, -0.05) is 27.7 Å². The number of allylic oxidation sites excluding steroid dienone is 1. The minimum Gasteiger partial charge on any atom is -0.349 e. The fourth-order valence-electron chi connectivity index (χ4n) is 9.40. The van der Waals surface area contributed by atoms with Gasteiger partial charge in [-0.2, -0.15) is 0 Å². The van der Waals surface area contributed by atoms with Crippen molar-refractivity contribution in [1.82, 2.24) is 0 Å². The van der Waals surface area contributed by atoms with Gasteiger partial charge in [0.25, 0.3) is 0 Å². The lowest BCUT2D eigenvalue weighted by Gasteiger charge is -2.58. The summed E-state index contributed by atoms with van der Waals surface area (Å²) in [4.78, 5) is 25.3. The van der Waals surface area contributed by atoms with E-state index in [1.165, 1.54) is 19.3 Å². The first-order valence-corrected chi connectivity index (χ1v) is 12.8. The van der Waals surface area contributed by atoms with E-state index < -0.39 is 0 Å². The van der Waals surface area contributed by atoms with Crippen molar-refractivity contribution in [3.8, 4) is 0 Å². The molecule has 0 unspecified atom stereocenters. The molecule has 0 aromatic heterocycles. The molecule has 0 aromatic rings. The smallest absolute Gasteiger partial charge is 0.171 e. The topological polar surface area (TPSA) is 52.6 Å². The summed E-state index contributed by atoms with van der Waals surface area (Å²) in [5, 5.41) is 0. The van der Waals surface area contributed by atoms with Crippen LogP contribution in [0.3, 0.4) is 0 Å². The lowest BCUT2D eigenvalue weighted by Crippen LogP contribution is -2.54. The van der Waals surface area contributed by atoms with Gasteiger partial charge in [-0.25, -0.2) is 0 Å². The summed E-state index contributed by atoms with van der Waals surface area (Å²) >= 11 is 0. The van der Waals surface area contributed by atoms with Crippen molar-refractivity contribution in [2.75, 3.05) is 6.61 Å². The average molecular weight is 427 g/mol. The fourth-order valence-corrected chi connectivity index (χ4v) is 9.40. The van der Waals surface area contributed by atoms with Crippen LogP contribution in [0.15, 0.2) is 11.6 Å². The van der Waals surface area contributed by atoms with Crippen LogP contribution in [-0.2, 0) is 19.1 Å². The van der Waals surface area contributed by atoms with E-state index in [-0.39, 0.29) is 34.3 Å². The normalized spacial score (nSPS) is 56.0. The summed E-state index contributed by atoms with van der Waals surface area (Å²) in [7, 11) is 0. The Morgan fingerprint density at radius 2 is 1.84 bits per heavy atom. The van der Waals surface area contributed by atoms with Crippen molar-refractivity contribution in [2.24, 2.45) is 46.3 Å². The first-order chi connectivity index (χ1) is 14.7. The number of hydrogen-bond donors (Lipinski definition) is 0. The number of rotatable bonds is 0. The van der Waals surface area contributed by atoms with E-state index in [1.54, 1.807) is 6.08 Å². The van der Waals surface area contributed by atoms with Gasteiger partial charge in [0.05, 0.1) is 12.7 Å². The summed E-state index contributed by atoms with van der Waals surface area (Å²) < 4.78 is 13.2. The Hall–Kier alpha value is -1.00. The van der Waals surface area contributed by atoms with E-state index in [9.17, 15) is 9.59 Å². The van der Waals surface area contributed by atoms with Gasteiger partial charge in [-0.15, -0.1) is 0 Å². The molecule has 5 fully saturated rings. The van der Waals surface area contributed by atoms with Gasteiger partial charge in [0.1, 0.15) is 0 Å². The molecule has 4 heteroatoms. The van der Waals surface area contributed by atoms with E-state index in [0.29, 0.717) is 48.3 Å². The number of Topliss-reactive ketones (excluding diaryl/α,β-unsaturated/α-hetero) is 1. The zero-order valence-electron chi connectivity index (χ0n) is 19.6. The molecule has 4 aliphatic carbocycles. The maximum atomic E-state index is 13.2. The van der Waals surface area contributed by atoms with Crippen LogP contribution >= 0.6 is 0 Å². The van der Waals surface area contributed by atoms with Crippen LogP contribution in [0.1, 0.15) is 79.1 Å². The van der Waals surface area contributed by atoms with E-state index >= 15 is 0 Å². The number of fused-ring (bicyclic) bond motifs is 7. The maximum absolute atomic E-state index is 13.2. The Morgan fingerprint density at radius 3 is 2.58 bits per heavy atom. The van der Waals surface area contributed by atoms with Gasteiger partial charge in [-0.3, -0.25) is 9.59 Å².